The SMILES string of the molecule is CCNCCOc1cc(F)cc([N+](=O)[O-])c1. The van der Waals surface area contributed by atoms with Gasteiger partial charge in [-0.3, -0.25) is 10.1 Å². The lowest BCUT2D eigenvalue weighted by atomic mass is 10.3. The number of ether oxygens (including phenoxy) is 1. The number of non-ortho nitro benzene ring substituents is 1. The van der Waals surface area contributed by atoms with Gasteiger partial charge in [0, 0.05) is 12.6 Å². The third-order valence-corrected chi connectivity index (χ3v) is 1.86. The number of hydrogen-bond donors (Lipinski definition) is 1. The first-order valence-corrected chi connectivity index (χ1v) is 4.92. The van der Waals surface area contributed by atoms with Crippen molar-refractivity contribution in [3.05, 3.63) is 34.1 Å². The van der Waals surface area contributed by atoms with Crippen LogP contribution in [-0.4, -0.2) is 24.6 Å². The van der Waals surface area contributed by atoms with Crippen molar-refractivity contribution in [2.24, 2.45) is 0 Å². The van der Waals surface area contributed by atoms with Gasteiger partial charge in [0.2, 0.25) is 0 Å². The molecule has 0 atom stereocenters. The van der Waals surface area contributed by atoms with Gasteiger partial charge >= 0.3 is 0 Å². The number of nitrogens with one attached hydrogen (secondary N) is 1. The lowest BCUT2D eigenvalue weighted by molar-refractivity contribution is -0.385. The van der Waals surface area contributed by atoms with Crippen LogP contribution in [-0.2, 0) is 0 Å². The Hall–Kier alpha value is -1.69. The molecule has 0 heterocycles. The zero-order valence-electron chi connectivity index (χ0n) is 8.90. The fourth-order valence-corrected chi connectivity index (χ4v) is 1.15. The molecule has 0 aromatic heterocycles. The van der Waals surface area contributed by atoms with E-state index >= 15 is 0 Å². The van der Waals surface area contributed by atoms with Crippen molar-refractivity contribution >= 4 is 5.69 Å². The van der Waals surface area contributed by atoms with Crippen LogP contribution in [0.25, 0.3) is 0 Å². The summed E-state index contributed by atoms with van der Waals surface area (Å²) in [6.45, 7) is 3.72. The Kier molecular flexibility index (Phi) is 4.65. The van der Waals surface area contributed by atoms with E-state index in [0.717, 1.165) is 18.7 Å². The Labute approximate surface area is 92.4 Å². The molecule has 5 nitrogen and oxygen atoms in total. The number of hydrogen-bond acceptors (Lipinski definition) is 4. The van der Waals surface area contributed by atoms with E-state index in [1.807, 2.05) is 6.92 Å². The van der Waals surface area contributed by atoms with Crippen LogP contribution in [0.1, 0.15) is 6.92 Å². The molecule has 0 radical (unpaired) electrons. The number of rotatable bonds is 6. The van der Waals surface area contributed by atoms with Gasteiger partial charge in [0.05, 0.1) is 17.1 Å². The molecule has 0 amide bonds. The fraction of sp³-hybridized carbons (Fsp3) is 0.400. The Morgan fingerprint density at radius 2 is 2.25 bits per heavy atom. The van der Waals surface area contributed by atoms with E-state index in [0.29, 0.717) is 13.2 Å². The Balaban J connectivity index is 2.62. The first-order valence-electron chi connectivity index (χ1n) is 4.92. The molecule has 0 aliphatic heterocycles. The van der Waals surface area contributed by atoms with Gasteiger partial charge in [0.1, 0.15) is 18.2 Å². The monoisotopic (exact) mass is 228 g/mol. The summed E-state index contributed by atoms with van der Waals surface area (Å²) >= 11 is 0. The van der Waals surface area contributed by atoms with Crippen LogP contribution in [0, 0.1) is 15.9 Å². The second-order valence-electron chi connectivity index (χ2n) is 3.10. The summed E-state index contributed by atoms with van der Waals surface area (Å²) in [5.74, 6) is -0.503. The van der Waals surface area contributed by atoms with Crippen molar-refractivity contribution in [2.75, 3.05) is 19.7 Å². The number of halogens is 1. The molecule has 0 fully saturated rings. The maximum absolute atomic E-state index is 13.0. The van der Waals surface area contributed by atoms with E-state index < -0.39 is 10.7 Å². The highest BCUT2D eigenvalue weighted by Crippen LogP contribution is 2.21. The third kappa shape index (κ3) is 3.82. The minimum absolute atomic E-state index is 0.171. The summed E-state index contributed by atoms with van der Waals surface area (Å²) in [5, 5.41) is 13.5. The molecule has 0 aliphatic carbocycles. The van der Waals surface area contributed by atoms with E-state index in [2.05, 4.69) is 5.32 Å². The zero-order chi connectivity index (χ0) is 12.0. The maximum Gasteiger partial charge on any atom is 0.276 e. The summed E-state index contributed by atoms with van der Waals surface area (Å²) in [6, 6.07) is 3.19. The lowest BCUT2D eigenvalue weighted by Crippen LogP contribution is -2.20. The molecule has 0 saturated heterocycles. The van der Waals surface area contributed by atoms with Gasteiger partial charge in [0.15, 0.2) is 0 Å². The summed E-state index contributed by atoms with van der Waals surface area (Å²) in [7, 11) is 0. The molecule has 0 unspecified atom stereocenters. The van der Waals surface area contributed by atoms with Crippen LogP contribution in [0.4, 0.5) is 10.1 Å². The number of likely N-dealkylation sites (N-methyl/N-ethyl adjacent to an activating group) is 1. The molecule has 0 bridgehead atoms. The topological polar surface area (TPSA) is 64.4 Å². The normalized spacial score (nSPS) is 10.1. The standard InChI is InChI=1S/C10H13FN2O3/c1-2-12-3-4-16-10-6-8(11)5-9(7-10)13(14)15/h5-7,12H,2-4H2,1H3. The minimum atomic E-state index is -0.673. The molecule has 1 rings (SSSR count). The summed E-state index contributed by atoms with van der Waals surface area (Å²) in [6.07, 6.45) is 0. The lowest BCUT2D eigenvalue weighted by Gasteiger charge is -2.06. The van der Waals surface area contributed by atoms with Gasteiger partial charge in [-0.05, 0) is 6.54 Å². The number of nitro benzene ring substituents is 1. The second-order valence-corrected chi connectivity index (χ2v) is 3.10. The predicted molar refractivity (Wildman–Crippen MR) is 57.1 cm³/mol. The fourth-order valence-electron chi connectivity index (χ4n) is 1.15. The van der Waals surface area contributed by atoms with Crippen molar-refractivity contribution < 1.29 is 14.1 Å². The number of nitrogens with zero attached hydrogens (tertiary/aromatic N) is 1. The minimum Gasteiger partial charge on any atom is -0.492 e. The van der Waals surface area contributed by atoms with Gasteiger partial charge in [0.25, 0.3) is 5.69 Å². The smallest absolute Gasteiger partial charge is 0.276 e. The van der Waals surface area contributed by atoms with Crippen LogP contribution in [0.15, 0.2) is 18.2 Å². The average Bonchev–Trinajstić information content (AvgIpc) is 2.23. The van der Waals surface area contributed by atoms with Crippen LogP contribution >= 0.6 is 0 Å². The quantitative estimate of drug-likeness (QED) is 0.457. The van der Waals surface area contributed by atoms with Crippen molar-refractivity contribution in [1.29, 1.82) is 0 Å². The highest BCUT2D eigenvalue weighted by Gasteiger charge is 2.10. The molecular formula is C10H13FN2O3. The molecule has 88 valence electrons. The van der Waals surface area contributed by atoms with Crippen LogP contribution < -0.4 is 10.1 Å². The van der Waals surface area contributed by atoms with Gasteiger partial charge in [-0.25, -0.2) is 4.39 Å². The van der Waals surface area contributed by atoms with E-state index in [-0.39, 0.29) is 11.4 Å². The molecule has 0 aliphatic rings. The molecule has 6 heteroatoms. The third-order valence-electron chi connectivity index (χ3n) is 1.86. The van der Waals surface area contributed by atoms with E-state index in [1.54, 1.807) is 0 Å². The van der Waals surface area contributed by atoms with E-state index in [1.165, 1.54) is 6.07 Å². The Bertz CT molecular complexity index is 371. The molecule has 16 heavy (non-hydrogen) atoms. The van der Waals surface area contributed by atoms with E-state index in [4.69, 9.17) is 4.74 Å². The van der Waals surface area contributed by atoms with Crippen molar-refractivity contribution in [3.8, 4) is 5.75 Å². The number of benzene rings is 1. The van der Waals surface area contributed by atoms with Crippen LogP contribution in [0.3, 0.4) is 0 Å². The average molecular weight is 228 g/mol. The molecule has 1 aromatic carbocycles. The maximum atomic E-state index is 13.0. The Morgan fingerprint density at radius 1 is 1.50 bits per heavy atom. The summed E-state index contributed by atoms with van der Waals surface area (Å²) in [4.78, 5) is 9.80. The van der Waals surface area contributed by atoms with Gasteiger partial charge in [-0.15, -0.1) is 0 Å². The first-order chi connectivity index (χ1) is 7.63. The van der Waals surface area contributed by atoms with Crippen molar-refractivity contribution in [2.45, 2.75) is 6.92 Å². The molecule has 1 N–H and O–H groups in total. The van der Waals surface area contributed by atoms with Gasteiger partial charge in [-0.2, -0.15) is 0 Å². The predicted octanol–water partition coefficient (Wildman–Crippen LogP) is 1.72. The first kappa shape index (κ1) is 12.4. The molecule has 0 saturated carbocycles. The second kappa shape index (κ2) is 6.02. The number of nitro groups is 1. The van der Waals surface area contributed by atoms with Gasteiger partial charge in [-0.1, -0.05) is 6.92 Å². The molecule has 0 spiro atoms. The largest absolute Gasteiger partial charge is 0.492 e. The van der Waals surface area contributed by atoms with Gasteiger partial charge < -0.3 is 10.1 Å². The van der Waals surface area contributed by atoms with E-state index in [9.17, 15) is 14.5 Å². The highest BCUT2D eigenvalue weighted by atomic mass is 19.1. The van der Waals surface area contributed by atoms with Crippen LogP contribution in [0.5, 0.6) is 5.75 Å². The Morgan fingerprint density at radius 3 is 2.88 bits per heavy atom. The molecule has 1 aromatic rings. The van der Waals surface area contributed by atoms with Crippen molar-refractivity contribution in [3.63, 3.8) is 0 Å². The van der Waals surface area contributed by atoms with Crippen LogP contribution in [0.2, 0.25) is 0 Å². The zero-order valence-corrected chi connectivity index (χ0v) is 8.90. The summed E-state index contributed by atoms with van der Waals surface area (Å²) < 4.78 is 18.1. The van der Waals surface area contributed by atoms with Crippen molar-refractivity contribution in [1.82, 2.24) is 5.32 Å². The summed E-state index contributed by atoms with van der Waals surface area (Å²) in [5.41, 5.74) is -0.307. The highest BCUT2D eigenvalue weighted by molar-refractivity contribution is 5.38. The molecular weight excluding hydrogens is 215 g/mol.